The van der Waals surface area contributed by atoms with Crippen LogP contribution in [0.15, 0.2) is 12.3 Å². The Morgan fingerprint density at radius 2 is 2.07 bits per heavy atom. The number of carbonyl (C=O) groups is 2. The van der Waals surface area contributed by atoms with Crippen molar-refractivity contribution in [3.05, 3.63) is 12.3 Å². The number of allylic oxidation sites excluding steroid dienone is 1. The maximum atomic E-state index is 11.8. The van der Waals surface area contributed by atoms with Gasteiger partial charge in [0.1, 0.15) is 0 Å². The van der Waals surface area contributed by atoms with Gasteiger partial charge >= 0.3 is 0 Å². The number of nitrogens with zero attached hydrogens (tertiary/aromatic N) is 1. The zero-order valence-electron chi connectivity index (χ0n) is 9.45. The van der Waals surface area contributed by atoms with Gasteiger partial charge in [0.2, 0.25) is 11.5 Å². The summed E-state index contributed by atoms with van der Waals surface area (Å²) in [5, 5.41) is 0. The molecule has 1 aliphatic rings. The average molecular weight is 211 g/mol. The van der Waals surface area contributed by atoms with E-state index in [4.69, 9.17) is 4.74 Å². The van der Waals surface area contributed by atoms with Gasteiger partial charge in [-0.3, -0.25) is 9.59 Å². The molecule has 1 heterocycles. The van der Waals surface area contributed by atoms with E-state index in [9.17, 15) is 9.59 Å². The summed E-state index contributed by atoms with van der Waals surface area (Å²) in [5.41, 5.74) is -1.11. The normalized spacial score (nSPS) is 26.2. The Kier molecular flexibility index (Phi) is 3.63. The van der Waals surface area contributed by atoms with Crippen molar-refractivity contribution in [2.24, 2.45) is 0 Å². The summed E-state index contributed by atoms with van der Waals surface area (Å²) < 4.78 is 5.42. The smallest absolute Gasteiger partial charge is 0.254 e. The van der Waals surface area contributed by atoms with E-state index in [1.807, 2.05) is 13.8 Å². The fourth-order valence-corrected chi connectivity index (χ4v) is 1.69. The van der Waals surface area contributed by atoms with Crippen molar-refractivity contribution in [3.8, 4) is 0 Å². The molecule has 0 bridgehead atoms. The topological polar surface area (TPSA) is 46.6 Å². The van der Waals surface area contributed by atoms with Gasteiger partial charge < -0.3 is 9.64 Å². The van der Waals surface area contributed by atoms with Crippen molar-refractivity contribution in [2.45, 2.75) is 32.9 Å². The van der Waals surface area contributed by atoms with Crippen LogP contribution in [0.1, 0.15) is 27.2 Å². The summed E-state index contributed by atoms with van der Waals surface area (Å²) in [6.07, 6.45) is 3.84. The van der Waals surface area contributed by atoms with E-state index in [0.717, 1.165) is 6.42 Å². The number of ketones is 2. The van der Waals surface area contributed by atoms with Gasteiger partial charge in [0, 0.05) is 25.4 Å². The summed E-state index contributed by atoms with van der Waals surface area (Å²) >= 11 is 0. The summed E-state index contributed by atoms with van der Waals surface area (Å²) in [4.78, 5) is 24.8. The third-order valence-corrected chi connectivity index (χ3v) is 2.49. The lowest BCUT2D eigenvalue weighted by atomic mass is 10.0. The lowest BCUT2D eigenvalue weighted by Gasteiger charge is -2.40. The van der Waals surface area contributed by atoms with Crippen molar-refractivity contribution < 1.29 is 14.3 Å². The van der Waals surface area contributed by atoms with E-state index in [0.29, 0.717) is 13.2 Å². The highest BCUT2D eigenvalue weighted by Crippen LogP contribution is 2.23. The number of carbonyl (C=O) groups excluding carboxylic acids is 2. The number of hydrogen-bond acceptors (Lipinski definition) is 4. The first-order valence-corrected chi connectivity index (χ1v) is 5.24. The van der Waals surface area contributed by atoms with Gasteiger partial charge in [-0.1, -0.05) is 6.92 Å². The molecule has 0 saturated carbocycles. The second kappa shape index (κ2) is 4.57. The number of Topliss-reactive ketones (excluding diaryl/α,β-unsaturated/α-hetero) is 1. The van der Waals surface area contributed by atoms with E-state index in [1.165, 1.54) is 6.08 Å². The zero-order chi connectivity index (χ0) is 11.5. The van der Waals surface area contributed by atoms with Crippen LogP contribution < -0.4 is 0 Å². The molecule has 4 heteroatoms. The predicted octanol–water partition coefficient (Wildman–Crippen LogP) is 1.12. The van der Waals surface area contributed by atoms with Crippen LogP contribution in [0.5, 0.6) is 0 Å². The molecule has 0 aliphatic carbocycles. The molecule has 0 radical (unpaired) electrons. The third kappa shape index (κ3) is 2.09. The summed E-state index contributed by atoms with van der Waals surface area (Å²) in [7, 11) is 0. The number of hydrogen-bond donors (Lipinski definition) is 0. The lowest BCUT2D eigenvalue weighted by molar-refractivity contribution is -0.169. The Morgan fingerprint density at radius 3 is 2.60 bits per heavy atom. The van der Waals surface area contributed by atoms with E-state index in [-0.39, 0.29) is 0 Å². The van der Waals surface area contributed by atoms with Gasteiger partial charge in [0.05, 0.1) is 0 Å². The highest BCUT2D eigenvalue weighted by molar-refractivity contribution is 6.44. The molecule has 0 aromatic heterocycles. The van der Waals surface area contributed by atoms with Crippen LogP contribution in [-0.4, -0.2) is 35.3 Å². The van der Waals surface area contributed by atoms with Crippen LogP contribution in [0.2, 0.25) is 0 Å². The summed E-state index contributed by atoms with van der Waals surface area (Å²) in [6, 6.07) is 0. The summed E-state index contributed by atoms with van der Waals surface area (Å²) in [6.45, 7) is 6.58. The molecule has 0 fully saturated rings. The number of rotatable bonds is 4. The van der Waals surface area contributed by atoms with Gasteiger partial charge in [-0.25, -0.2) is 0 Å². The van der Waals surface area contributed by atoms with Gasteiger partial charge in [0.25, 0.3) is 5.78 Å². The molecule has 0 N–H and O–H groups in total. The van der Waals surface area contributed by atoms with Crippen LogP contribution in [-0.2, 0) is 14.3 Å². The monoisotopic (exact) mass is 211 g/mol. The van der Waals surface area contributed by atoms with Gasteiger partial charge in [0.15, 0.2) is 0 Å². The molecule has 1 atom stereocenters. The second-order valence-electron chi connectivity index (χ2n) is 3.62. The van der Waals surface area contributed by atoms with E-state index >= 15 is 0 Å². The van der Waals surface area contributed by atoms with Crippen molar-refractivity contribution in [2.75, 3.05) is 13.2 Å². The van der Waals surface area contributed by atoms with E-state index in [1.54, 1.807) is 18.0 Å². The van der Waals surface area contributed by atoms with Gasteiger partial charge in [-0.05, 0) is 20.3 Å². The molecular formula is C11H17NO3. The molecule has 15 heavy (non-hydrogen) atoms. The molecule has 0 spiro atoms. The molecule has 4 nitrogen and oxygen atoms in total. The average Bonchev–Trinajstić information content (AvgIpc) is 2.20. The Balaban J connectivity index is 2.99. The predicted molar refractivity (Wildman–Crippen MR) is 56.2 cm³/mol. The minimum absolute atomic E-state index is 0.406. The Hall–Kier alpha value is -1.16. The highest BCUT2D eigenvalue weighted by Gasteiger charge is 2.44. The minimum atomic E-state index is -1.11. The largest absolute Gasteiger partial charge is 0.349 e. The van der Waals surface area contributed by atoms with E-state index < -0.39 is 17.3 Å². The van der Waals surface area contributed by atoms with E-state index in [2.05, 4.69) is 0 Å². The molecular weight excluding hydrogens is 194 g/mol. The van der Waals surface area contributed by atoms with Crippen molar-refractivity contribution >= 4 is 11.6 Å². The lowest BCUT2D eigenvalue weighted by Crippen LogP contribution is -2.56. The quantitative estimate of drug-likeness (QED) is 0.654. The van der Waals surface area contributed by atoms with Crippen LogP contribution in [0, 0.1) is 0 Å². The van der Waals surface area contributed by atoms with Crippen LogP contribution in [0.3, 0.4) is 0 Å². The molecule has 84 valence electrons. The maximum Gasteiger partial charge on any atom is 0.254 e. The first-order valence-electron chi connectivity index (χ1n) is 5.24. The highest BCUT2D eigenvalue weighted by atomic mass is 16.5. The Morgan fingerprint density at radius 1 is 1.40 bits per heavy atom. The SMILES string of the molecule is CCCN1C=CC(=O)C(=O)C1(C)OCC. The molecule has 1 rings (SSSR count). The Bertz CT molecular complexity index is 298. The van der Waals surface area contributed by atoms with Crippen LogP contribution in [0.25, 0.3) is 0 Å². The second-order valence-corrected chi connectivity index (χ2v) is 3.62. The Labute approximate surface area is 89.9 Å². The summed E-state index contributed by atoms with van der Waals surface area (Å²) in [5.74, 6) is -0.974. The molecule has 0 amide bonds. The molecule has 0 aromatic rings. The van der Waals surface area contributed by atoms with Gasteiger partial charge in [-0.2, -0.15) is 0 Å². The fourth-order valence-electron chi connectivity index (χ4n) is 1.69. The fraction of sp³-hybridized carbons (Fsp3) is 0.636. The van der Waals surface area contributed by atoms with Crippen molar-refractivity contribution in [1.29, 1.82) is 0 Å². The molecule has 0 aromatic carbocycles. The zero-order valence-corrected chi connectivity index (χ0v) is 9.45. The first-order chi connectivity index (χ1) is 7.06. The van der Waals surface area contributed by atoms with Crippen LogP contribution in [0.4, 0.5) is 0 Å². The molecule has 0 saturated heterocycles. The van der Waals surface area contributed by atoms with Crippen molar-refractivity contribution in [1.82, 2.24) is 4.90 Å². The standard InChI is InChI=1S/C11H17NO3/c1-4-7-12-8-6-9(13)10(14)11(12,3)15-5-2/h6,8H,4-5,7H2,1-3H3. The van der Waals surface area contributed by atoms with Gasteiger partial charge in [-0.15, -0.1) is 0 Å². The minimum Gasteiger partial charge on any atom is -0.349 e. The number of ether oxygens (including phenoxy) is 1. The molecule has 1 unspecified atom stereocenters. The van der Waals surface area contributed by atoms with Crippen molar-refractivity contribution in [3.63, 3.8) is 0 Å². The first kappa shape index (κ1) is 11.9. The van der Waals surface area contributed by atoms with Crippen LogP contribution >= 0.6 is 0 Å². The maximum absolute atomic E-state index is 11.8. The molecule has 1 aliphatic heterocycles. The third-order valence-electron chi connectivity index (χ3n) is 2.49.